The molecule has 12 nitrogen and oxygen atoms in total. The number of hydroxylamine groups is 2. The standard InChI is InChI=1S/C19H27N3O4.C18H24N2O3/c1-20-16-10-9-15(25-3)11-17(16)22(19(20)24)12-13-5-7-14(8-6-13)18(23)21(2)26-4;1-12(21)14-6-4-13(5-7-14)11-20-17-10-15(23-3)8-9-16(17)19(2)18(20)22/h9-11,13-14H,5-8,12H2,1-4H3;8-10,13-14H,4-7,11H2,1-3H3. The molecule has 2 aromatic heterocycles. The first-order valence-corrected chi connectivity index (χ1v) is 17.3. The van der Waals surface area contributed by atoms with E-state index in [4.69, 9.17) is 14.3 Å². The molecule has 2 heterocycles. The van der Waals surface area contributed by atoms with Crippen LogP contribution in [-0.4, -0.2) is 63.4 Å². The van der Waals surface area contributed by atoms with E-state index in [-0.39, 0.29) is 29.1 Å². The molecule has 49 heavy (non-hydrogen) atoms. The number of Topliss-reactive ketones (excluding diaryl/α,β-unsaturated/α-hetero) is 1. The molecule has 0 saturated heterocycles. The summed E-state index contributed by atoms with van der Waals surface area (Å²) >= 11 is 0. The SMILES string of the molecule is COc1ccc2c(c1)n(CC1CCC(C(=O)N(C)OC)CC1)c(=O)n2C.COc1ccc2c(c1)n(CC1CCC(C(C)=O)CC1)c(=O)n2C. The third-order valence-electron chi connectivity index (χ3n) is 10.8. The van der Waals surface area contributed by atoms with Crippen LogP contribution >= 0.6 is 0 Å². The van der Waals surface area contributed by atoms with E-state index in [1.165, 1.54) is 12.2 Å². The molecule has 4 aromatic rings. The summed E-state index contributed by atoms with van der Waals surface area (Å²) in [7, 11) is 10.0. The van der Waals surface area contributed by atoms with Gasteiger partial charge in [-0.1, -0.05) is 0 Å². The highest BCUT2D eigenvalue weighted by atomic mass is 16.7. The Kier molecular flexibility index (Phi) is 11.4. The first-order chi connectivity index (χ1) is 23.5. The third kappa shape index (κ3) is 7.64. The number of aromatic nitrogens is 4. The van der Waals surface area contributed by atoms with Gasteiger partial charge in [0.05, 0.1) is 43.4 Å². The number of amides is 1. The second-order valence-corrected chi connectivity index (χ2v) is 13.7. The molecule has 0 spiro atoms. The monoisotopic (exact) mass is 677 g/mol. The van der Waals surface area contributed by atoms with Gasteiger partial charge in [-0.3, -0.25) is 32.7 Å². The number of rotatable bonds is 9. The fourth-order valence-electron chi connectivity index (χ4n) is 7.59. The van der Waals surface area contributed by atoms with E-state index in [0.717, 1.165) is 84.9 Å². The summed E-state index contributed by atoms with van der Waals surface area (Å²) in [5.41, 5.74) is 3.65. The minimum Gasteiger partial charge on any atom is -0.497 e. The lowest BCUT2D eigenvalue weighted by atomic mass is 9.80. The molecule has 0 bridgehead atoms. The van der Waals surface area contributed by atoms with Crippen molar-refractivity contribution in [3.63, 3.8) is 0 Å². The molecule has 2 fully saturated rings. The summed E-state index contributed by atoms with van der Waals surface area (Å²) in [6, 6.07) is 11.4. The topological polar surface area (TPSA) is 119 Å². The molecule has 266 valence electrons. The van der Waals surface area contributed by atoms with Gasteiger partial charge in [0.15, 0.2) is 0 Å². The molecule has 0 atom stereocenters. The number of benzene rings is 2. The van der Waals surface area contributed by atoms with Crippen LogP contribution in [0, 0.1) is 23.7 Å². The van der Waals surface area contributed by atoms with E-state index in [1.807, 2.05) is 45.5 Å². The third-order valence-corrected chi connectivity index (χ3v) is 10.8. The second kappa shape index (κ2) is 15.5. The quantitative estimate of drug-likeness (QED) is 0.231. The van der Waals surface area contributed by atoms with Gasteiger partial charge in [0.25, 0.3) is 0 Å². The maximum Gasteiger partial charge on any atom is 0.328 e. The summed E-state index contributed by atoms with van der Waals surface area (Å²) in [4.78, 5) is 54.0. The van der Waals surface area contributed by atoms with Crippen molar-refractivity contribution in [1.29, 1.82) is 0 Å². The van der Waals surface area contributed by atoms with E-state index in [9.17, 15) is 19.2 Å². The first kappa shape index (κ1) is 36.0. The molecule has 1 amide bonds. The van der Waals surface area contributed by atoms with Gasteiger partial charge >= 0.3 is 11.4 Å². The van der Waals surface area contributed by atoms with Crippen LogP contribution in [0.1, 0.15) is 58.3 Å². The fraction of sp³-hybridized carbons (Fsp3) is 0.568. The number of aryl methyl sites for hydroxylation is 2. The molecule has 2 aromatic carbocycles. The number of imidazole rings is 2. The Morgan fingerprint density at radius 3 is 1.45 bits per heavy atom. The highest BCUT2D eigenvalue weighted by Gasteiger charge is 2.30. The second-order valence-electron chi connectivity index (χ2n) is 13.7. The van der Waals surface area contributed by atoms with Crippen molar-refractivity contribution in [1.82, 2.24) is 23.3 Å². The largest absolute Gasteiger partial charge is 0.497 e. The molecule has 12 heteroatoms. The number of ether oxygens (including phenoxy) is 2. The number of carbonyl (C=O) groups excluding carboxylic acids is 2. The minimum absolute atomic E-state index is 0.00873. The maximum absolute atomic E-state index is 12.7. The van der Waals surface area contributed by atoms with Crippen LogP contribution in [-0.2, 0) is 41.6 Å². The average molecular weight is 678 g/mol. The van der Waals surface area contributed by atoms with E-state index in [1.54, 1.807) is 51.4 Å². The molecular weight excluding hydrogens is 626 g/mol. The Hall–Kier alpha value is -4.32. The summed E-state index contributed by atoms with van der Waals surface area (Å²) < 4.78 is 17.7. The van der Waals surface area contributed by atoms with Crippen LogP contribution in [0.15, 0.2) is 46.0 Å². The van der Waals surface area contributed by atoms with Crippen molar-refractivity contribution in [2.75, 3.05) is 28.4 Å². The molecule has 2 aliphatic rings. The van der Waals surface area contributed by atoms with E-state index in [0.29, 0.717) is 30.7 Å². The zero-order chi connectivity index (χ0) is 35.4. The number of nitrogens with zero attached hydrogens (tertiary/aromatic N) is 5. The van der Waals surface area contributed by atoms with Crippen LogP contribution in [0.5, 0.6) is 11.5 Å². The van der Waals surface area contributed by atoms with Crippen molar-refractivity contribution in [2.45, 2.75) is 71.4 Å². The van der Waals surface area contributed by atoms with Crippen molar-refractivity contribution in [2.24, 2.45) is 37.8 Å². The number of hydrogen-bond acceptors (Lipinski definition) is 7. The number of fused-ring (bicyclic) bond motifs is 2. The van der Waals surface area contributed by atoms with Gasteiger partial charge in [0.2, 0.25) is 5.91 Å². The van der Waals surface area contributed by atoms with Crippen LogP contribution in [0.2, 0.25) is 0 Å². The first-order valence-electron chi connectivity index (χ1n) is 17.3. The fourth-order valence-corrected chi connectivity index (χ4v) is 7.59. The Morgan fingerprint density at radius 1 is 0.673 bits per heavy atom. The lowest BCUT2D eigenvalue weighted by Crippen LogP contribution is -2.35. The average Bonchev–Trinajstić information content (AvgIpc) is 3.50. The normalized spacial score (nSPS) is 20.9. The molecular formula is C37H51N5O7. The molecule has 0 radical (unpaired) electrons. The summed E-state index contributed by atoms with van der Waals surface area (Å²) in [5.74, 6) is 2.93. The number of carbonyl (C=O) groups is 2. The number of methoxy groups -OCH3 is 2. The van der Waals surface area contributed by atoms with Crippen LogP contribution in [0.3, 0.4) is 0 Å². The Morgan fingerprint density at radius 2 is 1.08 bits per heavy atom. The van der Waals surface area contributed by atoms with Crippen LogP contribution in [0.4, 0.5) is 0 Å². The Bertz CT molecular complexity index is 1900. The van der Waals surface area contributed by atoms with Gasteiger partial charge in [-0.15, -0.1) is 0 Å². The maximum atomic E-state index is 12.7. The highest BCUT2D eigenvalue weighted by Crippen LogP contribution is 2.33. The van der Waals surface area contributed by atoms with E-state index < -0.39 is 0 Å². The van der Waals surface area contributed by atoms with Crippen LogP contribution < -0.4 is 20.9 Å². The molecule has 2 saturated carbocycles. The van der Waals surface area contributed by atoms with E-state index >= 15 is 0 Å². The highest BCUT2D eigenvalue weighted by molar-refractivity contribution is 5.79. The molecule has 0 aliphatic heterocycles. The van der Waals surface area contributed by atoms with Gasteiger partial charge in [0, 0.05) is 58.2 Å². The molecule has 0 N–H and O–H groups in total. The smallest absolute Gasteiger partial charge is 0.328 e. The summed E-state index contributed by atoms with van der Waals surface area (Å²) in [6.07, 6.45) is 7.45. The van der Waals surface area contributed by atoms with Gasteiger partial charge in [-0.2, -0.15) is 0 Å². The van der Waals surface area contributed by atoms with Crippen molar-refractivity contribution < 1.29 is 23.9 Å². The van der Waals surface area contributed by atoms with Crippen molar-refractivity contribution >= 4 is 33.8 Å². The predicted molar refractivity (Wildman–Crippen MR) is 189 cm³/mol. The Labute approximate surface area is 287 Å². The number of hydrogen-bond donors (Lipinski definition) is 0. The minimum atomic E-state index is -0.00873. The van der Waals surface area contributed by atoms with Crippen LogP contribution in [0.25, 0.3) is 22.1 Å². The van der Waals surface area contributed by atoms with Gasteiger partial charge in [0.1, 0.15) is 17.3 Å². The van der Waals surface area contributed by atoms with Crippen molar-refractivity contribution in [3.05, 3.63) is 57.4 Å². The number of ketones is 1. The summed E-state index contributed by atoms with van der Waals surface area (Å²) in [5, 5.41) is 1.31. The van der Waals surface area contributed by atoms with E-state index in [2.05, 4.69) is 0 Å². The van der Waals surface area contributed by atoms with Gasteiger partial charge in [-0.25, -0.2) is 14.7 Å². The van der Waals surface area contributed by atoms with Gasteiger partial charge < -0.3 is 9.47 Å². The lowest BCUT2D eigenvalue weighted by Gasteiger charge is -2.29. The molecule has 0 unspecified atom stereocenters. The molecule has 6 rings (SSSR count). The van der Waals surface area contributed by atoms with Crippen molar-refractivity contribution in [3.8, 4) is 11.5 Å². The zero-order valence-corrected chi connectivity index (χ0v) is 29.9. The zero-order valence-electron chi connectivity index (χ0n) is 29.9. The summed E-state index contributed by atoms with van der Waals surface area (Å²) in [6.45, 7) is 3.07. The van der Waals surface area contributed by atoms with Gasteiger partial charge in [-0.05, 0) is 94.4 Å². The Balaban J connectivity index is 0.000000192. The molecule has 2 aliphatic carbocycles. The lowest BCUT2D eigenvalue weighted by molar-refractivity contribution is -0.174. The predicted octanol–water partition coefficient (Wildman–Crippen LogP) is 4.92.